The molecule has 0 saturated heterocycles. The van der Waals surface area contributed by atoms with Crippen LogP contribution in [-0.4, -0.2) is 5.54 Å². The Labute approximate surface area is 126 Å². The fourth-order valence-corrected chi connectivity index (χ4v) is 2.88. The summed E-state index contributed by atoms with van der Waals surface area (Å²) >= 11 is 3.63. The van der Waals surface area contributed by atoms with Crippen LogP contribution >= 0.6 is 15.9 Å². The van der Waals surface area contributed by atoms with E-state index in [1.807, 2.05) is 6.08 Å². The topological polar surface area (TPSA) is 26.0 Å². The molecule has 0 amide bonds. The molecule has 0 fully saturated rings. The Hall–Kier alpha value is -0.600. The van der Waals surface area contributed by atoms with Crippen LogP contribution < -0.4 is 5.73 Å². The van der Waals surface area contributed by atoms with Crippen molar-refractivity contribution >= 4 is 15.9 Å². The van der Waals surface area contributed by atoms with Gasteiger partial charge >= 0.3 is 0 Å². The Morgan fingerprint density at radius 3 is 2.58 bits per heavy atom. The van der Waals surface area contributed by atoms with Crippen molar-refractivity contribution in [2.75, 3.05) is 0 Å². The molecule has 0 aliphatic carbocycles. The number of unbranched alkanes of at least 4 members (excludes halogenated alkanes) is 2. The van der Waals surface area contributed by atoms with E-state index in [0.29, 0.717) is 0 Å². The van der Waals surface area contributed by atoms with Crippen molar-refractivity contribution in [1.82, 2.24) is 0 Å². The summed E-state index contributed by atoms with van der Waals surface area (Å²) in [4.78, 5) is 0. The lowest BCUT2D eigenvalue weighted by atomic mass is 9.82. The molecular formula is C17H26BrN. The first kappa shape index (κ1) is 16.5. The summed E-state index contributed by atoms with van der Waals surface area (Å²) < 4.78 is 1.17. The van der Waals surface area contributed by atoms with Gasteiger partial charge in [0.1, 0.15) is 0 Å². The molecule has 106 valence electrons. The van der Waals surface area contributed by atoms with Gasteiger partial charge in [0.05, 0.1) is 0 Å². The van der Waals surface area contributed by atoms with Gasteiger partial charge in [-0.3, -0.25) is 0 Å². The molecule has 0 aromatic heterocycles. The molecule has 1 nitrogen and oxygen atoms in total. The number of nitrogens with two attached hydrogens (primary N) is 1. The van der Waals surface area contributed by atoms with Gasteiger partial charge in [-0.05, 0) is 43.7 Å². The van der Waals surface area contributed by atoms with Gasteiger partial charge in [-0.15, -0.1) is 6.58 Å². The summed E-state index contributed by atoms with van der Waals surface area (Å²) in [5.74, 6) is 0. The summed E-state index contributed by atoms with van der Waals surface area (Å²) in [7, 11) is 0. The first-order chi connectivity index (χ1) is 9.11. The van der Waals surface area contributed by atoms with E-state index in [1.165, 1.54) is 22.9 Å². The van der Waals surface area contributed by atoms with E-state index in [4.69, 9.17) is 5.73 Å². The lowest BCUT2D eigenvalue weighted by Crippen LogP contribution is -2.42. The third-order valence-corrected chi connectivity index (χ3v) is 4.39. The summed E-state index contributed by atoms with van der Waals surface area (Å²) in [6.07, 6.45) is 9.70. The molecule has 2 heteroatoms. The number of allylic oxidation sites excluding steroid dienone is 1. The normalized spacial score (nSPS) is 14.1. The Morgan fingerprint density at radius 2 is 1.95 bits per heavy atom. The molecular weight excluding hydrogens is 298 g/mol. The van der Waals surface area contributed by atoms with Crippen LogP contribution in [0.2, 0.25) is 0 Å². The zero-order valence-corrected chi connectivity index (χ0v) is 13.6. The molecule has 0 aliphatic rings. The second-order valence-corrected chi connectivity index (χ2v) is 6.27. The summed E-state index contributed by atoms with van der Waals surface area (Å²) in [6.45, 7) is 6.02. The Bertz CT molecular complexity index is 389. The summed E-state index contributed by atoms with van der Waals surface area (Å²) in [5, 5.41) is 0. The van der Waals surface area contributed by atoms with E-state index in [0.717, 1.165) is 32.1 Å². The lowest BCUT2D eigenvalue weighted by molar-refractivity contribution is 0.343. The van der Waals surface area contributed by atoms with Crippen molar-refractivity contribution in [2.24, 2.45) is 5.73 Å². The second kappa shape index (κ2) is 8.55. The lowest BCUT2D eigenvalue weighted by Gasteiger charge is -2.30. The summed E-state index contributed by atoms with van der Waals surface area (Å²) in [6, 6.07) is 8.41. The molecule has 0 saturated carbocycles. The highest BCUT2D eigenvalue weighted by Gasteiger charge is 2.24. The molecule has 1 aromatic rings. The molecule has 1 rings (SSSR count). The van der Waals surface area contributed by atoms with Crippen molar-refractivity contribution in [3.05, 3.63) is 47.0 Å². The van der Waals surface area contributed by atoms with Crippen LogP contribution in [-0.2, 0) is 6.42 Å². The van der Waals surface area contributed by atoms with Crippen molar-refractivity contribution in [3.8, 4) is 0 Å². The quantitative estimate of drug-likeness (QED) is 0.488. The van der Waals surface area contributed by atoms with Gasteiger partial charge in [0.15, 0.2) is 0 Å². The Kier molecular flexibility index (Phi) is 7.40. The Morgan fingerprint density at radius 1 is 1.26 bits per heavy atom. The van der Waals surface area contributed by atoms with Crippen LogP contribution in [0.25, 0.3) is 0 Å². The van der Waals surface area contributed by atoms with E-state index >= 15 is 0 Å². The smallest absolute Gasteiger partial charge is 0.0207 e. The molecule has 0 unspecified atom stereocenters. The number of halogens is 1. The second-order valence-electron chi connectivity index (χ2n) is 5.42. The fraction of sp³-hybridized carbons (Fsp3) is 0.529. The fourth-order valence-electron chi connectivity index (χ4n) is 2.45. The minimum absolute atomic E-state index is 0.0805. The summed E-state index contributed by atoms with van der Waals surface area (Å²) in [5.41, 5.74) is 7.91. The van der Waals surface area contributed by atoms with Gasteiger partial charge in [0.25, 0.3) is 0 Å². The third kappa shape index (κ3) is 5.92. The molecule has 2 N–H and O–H groups in total. The average Bonchev–Trinajstić information content (AvgIpc) is 2.40. The van der Waals surface area contributed by atoms with E-state index in [-0.39, 0.29) is 5.54 Å². The van der Waals surface area contributed by atoms with Gasteiger partial charge in [-0.2, -0.15) is 0 Å². The minimum Gasteiger partial charge on any atom is -0.325 e. The van der Waals surface area contributed by atoms with Crippen molar-refractivity contribution in [1.29, 1.82) is 0 Å². The highest BCUT2D eigenvalue weighted by molar-refractivity contribution is 9.10. The van der Waals surface area contributed by atoms with Crippen LogP contribution in [0.4, 0.5) is 0 Å². The van der Waals surface area contributed by atoms with Gasteiger partial charge < -0.3 is 5.73 Å². The SMILES string of the molecule is C=CCCC[C@](N)(CCCC)Cc1ccccc1Br. The molecule has 0 heterocycles. The van der Waals surface area contributed by atoms with Crippen LogP contribution in [0.1, 0.15) is 51.0 Å². The van der Waals surface area contributed by atoms with Gasteiger partial charge in [-0.25, -0.2) is 0 Å². The molecule has 19 heavy (non-hydrogen) atoms. The maximum atomic E-state index is 6.67. The zero-order valence-electron chi connectivity index (χ0n) is 12.0. The van der Waals surface area contributed by atoms with E-state index < -0.39 is 0 Å². The van der Waals surface area contributed by atoms with Gasteiger partial charge in [0.2, 0.25) is 0 Å². The minimum atomic E-state index is -0.0805. The van der Waals surface area contributed by atoms with Gasteiger partial charge in [0, 0.05) is 10.0 Å². The maximum absolute atomic E-state index is 6.67. The number of hydrogen-bond acceptors (Lipinski definition) is 1. The standard InChI is InChI=1S/C17H26BrN/c1-3-5-9-13-17(19,12-6-4-2)14-15-10-7-8-11-16(15)18/h3,7-8,10-11H,1,4-6,9,12-14,19H2,2H3/t17-/m1/s1. The third-order valence-electron chi connectivity index (χ3n) is 3.61. The molecule has 0 bridgehead atoms. The highest BCUT2D eigenvalue weighted by Crippen LogP contribution is 2.27. The largest absolute Gasteiger partial charge is 0.325 e. The number of rotatable bonds is 9. The maximum Gasteiger partial charge on any atom is 0.0207 e. The van der Waals surface area contributed by atoms with Gasteiger partial charge in [-0.1, -0.05) is 60.0 Å². The predicted octanol–water partition coefficient (Wildman–Crippen LogP) is 5.24. The van der Waals surface area contributed by atoms with Crippen LogP contribution in [0.5, 0.6) is 0 Å². The van der Waals surface area contributed by atoms with E-state index in [9.17, 15) is 0 Å². The van der Waals surface area contributed by atoms with Crippen LogP contribution in [0.15, 0.2) is 41.4 Å². The molecule has 1 atom stereocenters. The number of benzene rings is 1. The average molecular weight is 324 g/mol. The van der Waals surface area contributed by atoms with E-state index in [1.54, 1.807) is 0 Å². The Balaban J connectivity index is 2.72. The molecule has 0 aliphatic heterocycles. The first-order valence-electron chi connectivity index (χ1n) is 7.24. The molecule has 1 aromatic carbocycles. The highest BCUT2D eigenvalue weighted by atomic mass is 79.9. The van der Waals surface area contributed by atoms with Crippen molar-refractivity contribution in [2.45, 2.75) is 57.4 Å². The monoisotopic (exact) mass is 323 g/mol. The predicted molar refractivity (Wildman–Crippen MR) is 88.3 cm³/mol. The molecule has 0 spiro atoms. The molecule has 0 radical (unpaired) electrons. The van der Waals surface area contributed by atoms with E-state index in [2.05, 4.69) is 53.7 Å². The van der Waals surface area contributed by atoms with Crippen LogP contribution in [0, 0.1) is 0 Å². The van der Waals surface area contributed by atoms with Crippen LogP contribution in [0.3, 0.4) is 0 Å². The zero-order chi connectivity index (χ0) is 14.1. The van der Waals surface area contributed by atoms with Crippen molar-refractivity contribution < 1.29 is 0 Å². The van der Waals surface area contributed by atoms with Crippen molar-refractivity contribution in [3.63, 3.8) is 0 Å². The number of hydrogen-bond donors (Lipinski definition) is 1. The first-order valence-corrected chi connectivity index (χ1v) is 8.04.